The smallest absolute Gasteiger partial charge is 0.251 e. The summed E-state index contributed by atoms with van der Waals surface area (Å²) in [6, 6.07) is 12.1. The van der Waals surface area contributed by atoms with Crippen molar-refractivity contribution >= 4 is 11.8 Å². The molecule has 2 aromatic rings. The molecule has 0 radical (unpaired) electrons. The maximum absolute atomic E-state index is 12.7. The second kappa shape index (κ2) is 16.0. The van der Waals surface area contributed by atoms with E-state index in [1.807, 2.05) is 26.2 Å². The molecule has 36 heavy (non-hydrogen) atoms. The van der Waals surface area contributed by atoms with Crippen LogP contribution in [0.25, 0.3) is 0 Å². The van der Waals surface area contributed by atoms with Gasteiger partial charge in [0.1, 0.15) is 11.6 Å². The molecule has 1 heterocycles. The van der Waals surface area contributed by atoms with Gasteiger partial charge in [-0.15, -0.1) is 0 Å². The predicted octanol–water partition coefficient (Wildman–Crippen LogP) is 2.88. The summed E-state index contributed by atoms with van der Waals surface area (Å²) in [5, 5.41) is 5.50. The van der Waals surface area contributed by atoms with Crippen LogP contribution in [-0.2, 0) is 9.53 Å². The zero-order valence-electron chi connectivity index (χ0n) is 21.4. The fourth-order valence-corrected chi connectivity index (χ4v) is 3.38. The number of piperazine rings is 1. The molecule has 0 aromatic heterocycles. The number of hydrogen-bond donors (Lipinski definition) is 2. The van der Waals surface area contributed by atoms with Gasteiger partial charge in [0.15, 0.2) is 0 Å². The topological polar surface area (TPSA) is 73.9 Å². The van der Waals surface area contributed by atoms with Crippen LogP contribution in [0.4, 0.5) is 8.78 Å². The number of amides is 2. The van der Waals surface area contributed by atoms with E-state index in [1.165, 1.54) is 54.8 Å². The van der Waals surface area contributed by atoms with E-state index in [2.05, 4.69) is 15.5 Å². The van der Waals surface area contributed by atoms with E-state index in [4.69, 9.17) is 4.74 Å². The Morgan fingerprint density at radius 1 is 0.944 bits per heavy atom. The quantitative estimate of drug-likeness (QED) is 0.568. The van der Waals surface area contributed by atoms with Crippen LogP contribution in [0.5, 0.6) is 0 Å². The van der Waals surface area contributed by atoms with Crippen LogP contribution in [0.2, 0.25) is 0 Å². The summed E-state index contributed by atoms with van der Waals surface area (Å²) >= 11 is 0. The third kappa shape index (κ3) is 11.2. The van der Waals surface area contributed by atoms with Gasteiger partial charge in [0.2, 0.25) is 5.91 Å². The highest BCUT2D eigenvalue weighted by Crippen LogP contribution is 2.39. The second-order valence-corrected chi connectivity index (χ2v) is 8.80. The lowest BCUT2D eigenvalue weighted by Crippen LogP contribution is -2.50. The van der Waals surface area contributed by atoms with Crippen molar-refractivity contribution in [2.45, 2.75) is 18.8 Å². The number of ether oxygens (including phenoxy) is 1. The number of benzene rings is 2. The van der Waals surface area contributed by atoms with Gasteiger partial charge in [-0.05, 0) is 74.8 Å². The van der Waals surface area contributed by atoms with Crippen molar-refractivity contribution in [1.82, 2.24) is 20.4 Å². The average molecular weight is 505 g/mol. The molecule has 9 heteroatoms. The van der Waals surface area contributed by atoms with Gasteiger partial charge in [-0.1, -0.05) is 12.1 Å². The number of halogens is 2. The predicted molar refractivity (Wildman–Crippen MR) is 137 cm³/mol. The molecular weight excluding hydrogens is 466 g/mol. The van der Waals surface area contributed by atoms with E-state index in [-0.39, 0.29) is 24.2 Å². The first kappa shape index (κ1) is 29.4. The number of nitrogens with one attached hydrogen (secondary N) is 2. The highest BCUT2D eigenvalue weighted by molar-refractivity contribution is 5.96. The van der Waals surface area contributed by atoms with Crippen molar-refractivity contribution in [3.05, 3.63) is 71.3 Å². The van der Waals surface area contributed by atoms with Crippen molar-refractivity contribution in [2.24, 2.45) is 0 Å². The number of methoxy groups -OCH3 is 1. The summed E-state index contributed by atoms with van der Waals surface area (Å²) in [4.78, 5) is 27.6. The highest BCUT2D eigenvalue weighted by atomic mass is 19.1. The number of rotatable bonds is 7. The number of likely N-dealkylation sites (N-methyl/N-ethyl adjacent to an activating group) is 2. The molecule has 2 aliphatic rings. The maximum atomic E-state index is 12.7. The molecule has 0 spiro atoms. The van der Waals surface area contributed by atoms with Gasteiger partial charge in [0.25, 0.3) is 5.91 Å². The summed E-state index contributed by atoms with van der Waals surface area (Å²) < 4.78 is 29.8. The first-order valence-electron chi connectivity index (χ1n) is 12.2. The Kier molecular flexibility index (Phi) is 13.0. The van der Waals surface area contributed by atoms with Crippen LogP contribution in [0.1, 0.15) is 34.7 Å². The van der Waals surface area contributed by atoms with Crippen LogP contribution in [-0.4, -0.2) is 88.7 Å². The molecule has 2 fully saturated rings. The van der Waals surface area contributed by atoms with Crippen molar-refractivity contribution in [1.29, 1.82) is 0 Å². The van der Waals surface area contributed by atoms with Crippen LogP contribution in [0, 0.1) is 11.6 Å². The Labute approximate surface area is 212 Å². The van der Waals surface area contributed by atoms with E-state index in [0.717, 1.165) is 32.2 Å². The van der Waals surface area contributed by atoms with Gasteiger partial charge in [-0.3, -0.25) is 9.59 Å². The van der Waals surface area contributed by atoms with Gasteiger partial charge < -0.3 is 25.2 Å². The molecular formula is C27H38F2N4O3. The third-order valence-electron chi connectivity index (χ3n) is 5.84. The fourth-order valence-electron chi connectivity index (χ4n) is 3.38. The minimum atomic E-state index is -0.393. The summed E-state index contributed by atoms with van der Waals surface area (Å²) in [6.45, 7) is 4.77. The van der Waals surface area contributed by atoms with E-state index < -0.39 is 5.82 Å². The second-order valence-electron chi connectivity index (χ2n) is 8.80. The molecule has 198 valence electrons. The van der Waals surface area contributed by atoms with Crippen molar-refractivity contribution in [3.8, 4) is 0 Å². The Balaban J connectivity index is 0.000000235. The Hall–Kier alpha value is -2.88. The first-order valence-corrected chi connectivity index (χ1v) is 12.2. The zero-order chi connectivity index (χ0) is 26.3. The Bertz CT molecular complexity index is 910. The van der Waals surface area contributed by atoms with Crippen molar-refractivity contribution < 1.29 is 23.1 Å². The lowest BCUT2D eigenvalue weighted by molar-refractivity contribution is -0.131. The molecule has 2 amide bonds. The van der Waals surface area contributed by atoms with Crippen LogP contribution in [0.3, 0.4) is 0 Å². The lowest BCUT2D eigenvalue weighted by Gasteiger charge is -2.32. The van der Waals surface area contributed by atoms with Gasteiger partial charge in [0, 0.05) is 45.4 Å². The zero-order valence-corrected chi connectivity index (χ0v) is 21.4. The molecule has 1 aliphatic carbocycles. The molecule has 0 bridgehead atoms. The average Bonchev–Trinajstić information content (AvgIpc) is 3.73. The monoisotopic (exact) mass is 504 g/mol. The van der Waals surface area contributed by atoms with Crippen LogP contribution >= 0.6 is 0 Å². The fraction of sp³-hybridized carbons (Fsp3) is 0.481. The molecule has 2 N–H and O–H groups in total. The van der Waals surface area contributed by atoms with Crippen molar-refractivity contribution in [2.75, 3.05) is 67.1 Å². The molecule has 1 saturated carbocycles. The van der Waals surface area contributed by atoms with Gasteiger partial charge >= 0.3 is 0 Å². The standard InChI is InChI=1S/C14H18FN3O2.C9H9F.C4H11NO/c1-17-6-8-18(9-7-17)13(19)10-16-14(20)11-2-4-12(15)5-3-11;10-9-5-3-8(4-6-9)7-1-2-7;1-5-3-4-6-2/h2-5H,6-10H2,1H3,(H,16,20);3-7H,1-2H2;5H,3-4H2,1-2H3. The maximum Gasteiger partial charge on any atom is 0.251 e. The van der Waals surface area contributed by atoms with Crippen LogP contribution in [0.15, 0.2) is 48.5 Å². The molecule has 0 atom stereocenters. The van der Waals surface area contributed by atoms with Gasteiger partial charge in [0.05, 0.1) is 13.2 Å². The summed E-state index contributed by atoms with van der Waals surface area (Å²) in [5.41, 5.74) is 1.64. The summed E-state index contributed by atoms with van der Waals surface area (Å²) in [7, 11) is 5.61. The number of carbonyl (C=O) groups is 2. The number of carbonyl (C=O) groups excluding carboxylic acids is 2. The molecule has 0 unspecified atom stereocenters. The molecule has 1 saturated heterocycles. The van der Waals surface area contributed by atoms with Gasteiger partial charge in [-0.25, -0.2) is 8.78 Å². The summed E-state index contributed by atoms with van der Waals surface area (Å²) in [5.74, 6) is -0.249. The van der Waals surface area contributed by atoms with E-state index in [1.54, 1.807) is 12.0 Å². The van der Waals surface area contributed by atoms with Crippen LogP contribution < -0.4 is 10.6 Å². The normalized spacial score (nSPS) is 15.2. The molecule has 7 nitrogen and oxygen atoms in total. The number of hydrogen-bond acceptors (Lipinski definition) is 5. The first-order chi connectivity index (χ1) is 17.3. The van der Waals surface area contributed by atoms with E-state index in [0.29, 0.717) is 18.7 Å². The highest BCUT2D eigenvalue weighted by Gasteiger charge is 2.23. The minimum absolute atomic E-state index is 0.0279. The largest absolute Gasteiger partial charge is 0.383 e. The number of nitrogens with zero attached hydrogens (tertiary/aromatic N) is 2. The van der Waals surface area contributed by atoms with Gasteiger partial charge in [-0.2, -0.15) is 0 Å². The lowest BCUT2D eigenvalue weighted by atomic mass is 10.1. The molecule has 4 rings (SSSR count). The Morgan fingerprint density at radius 2 is 1.50 bits per heavy atom. The van der Waals surface area contributed by atoms with E-state index in [9.17, 15) is 18.4 Å². The molecule has 1 aliphatic heterocycles. The SMILES string of the molecule is CN1CCN(C(=O)CNC(=O)c2ccc(F)cc2)CC1.CNCCOC.Fc1ccc(C2CC2)cc1. The van der Waals surface area contributed by atoms with Crippen molar-refractivity contribution in [3.63, 3.8) is 0 Å². The summed E-state index contributed by atoms with van der Waals surface area (Å²) in [6.07, 6.45) is 2.57. The third-order valence-corrected chi connectivity index (χ3v) is 5.84. The Morgan fingerprint density at radius 3 is 1.97 bits per heavy atom. The minimum Gasteiger partial charge on any atom is -0.383 e. The van der Waals surface area contributed by atoms with E-state index >= 15 is 0 Å². The molecule has 2 aromatic carbocycles.